The Hall–Kier alpha value is -0.480. The van der Waals surface area contributed by atoms with Gasteiger partial charge in [-0.25, -0.2) is 8.78 Å². The molecule has 1 nitrogen and oxygen atoms in total. The van der Waals surface area contributed by atoms with E-state index in [4.69, 9.17) is 5.11 Å². The van der Waals surface area contributed by atoms with E-state index in [9.17, 15) is 8.78 Å². The Kier molecular flexibility index (Phi) is 3.39. The minimum absolute atomic E-state index is 0.420. The molecular weight excluding hydrogens is 242 g/mol. The molecule has 1 N–H and O–H groups in total. The number of hydrogen-bond donors (Lipinski definition) is 1. The normalized spacial score (nSPS) is 11.7. The van der Waals surface area contributed by atoms with Crippen molar-refractivity contribution in [3.63, 3.8) is 0 Å². The van der Waals surface area contributed by atoms with Crippen LogP contribution in [0.4, 0.5) is 8.78 Å². The molecule has 0 heterocycles. The quantitative estimate of drug-likeness (QED) is 0.875. The maximum absolute atomic E-state index is 12.7. The van der Waals surface area contributed by atoms with E-state index in [-0.39, 0.29) is 0 Å². The second kappa shape index (κ2) is 4.15. The van der Waals surface area contributed by atoms with E-state index in [2.05, 4.69) is 15.9 Å². The van der Waals surface area contributed by atoms with E-state index >= 15 is 0 Å². The van der Waals surface area contributed by atoms with Gasteiger partial charge in [0.05, 0.1) is 0 Å². The molecule has 1 aromatic carbocycles. The molecule has 1 rings (SSSR count). The number of benzene rings is 1. The summed E-state index contributed by atoms with van der Waals surface area (Å²) in [4.78, 5) is 0. The third-order valence-electron chi connectivity index (χ3n) is 1.61. The Morgan fingerprint density at radius 3 is 2.23 bits per heavy atom. The first kappa shape index (κ1) is 10.6. The fraction of sp³-hybridized carbons (Fsp3) is 0.333. The molecule has 0 aliphatic heterocycles. The number of hydrogen-bond acceptors (Lipinski definition) is 1. The van der Waals surface area contributed by atoms with E-state index in [1.807, 2.05) is 0 Å². The lowest BCUT2D eigenvalue weighted by Gasteiger charge is -2.12. The van der Waals surface area contributed by atoms with Crippen molar-refractivity contribution in [1.29, 1.82) is 0 Å². The van der Waals surface area contributed by atoms with Crippen LogP contribution in [0, 0.1) is 0 Å². The van der Waals surface area contributed by atoms with Crippen molar-refractivity contribution >= 4 is 15.9 Å². The van der Waals surface area contributed by atoms with Crippen molar-refractivity contribution in [3.8, 4) is 0 Å². The first-order valence-electron chi connectivity index (χ1n) is 3.77. The molecule has 0 saturated heterocycles. The van der Waals surface area contributed by atoms with Gasteiger partial charge in [-0.1, -0.05) is 28.1 Å². The molecule has 0 aliphatic rings. The summed E-state index contributed by atoms with van der Waals surface area (Å²) in [7, 11) is 0. The lowest BCUT2D eigenvalue weighted by Crippen LogP contribution is -2.24. The molecular formula is C9H9BrF2O. The molecule has 13 heavy (non-hydrogen) atoms. The summed E-state index contributed by atoms with van der Waals surface area (Å²) in [5.74, 6) is -3.02. The number of halogens is 3. The monoisotopic (exact) mass is 250 g/mol. The molecule has 0 aliphatic carbocycles. The van der Waals surface area contributed by atoms with Crippen molar-refractivity contribution in [2.75, 3.05) is 6.61 Å². The first-order chi connectivity index (χ1) is 6.03. The summed E-state index contributed by atoms with van der Waals surface area (Å²) in [6.45, 7) is -1.11. The minimum Gasteiger partial charge on any atom is -0.390 e. The van der Waals surface area contributed by atoms with Gasteiger partial charge in [0.15, 0.2) is 0 Å². The highest BCUT2D eigenvalue weighted by atomic mass is 79.9. The molecule has 0 atom stereocenters. The zero-order valence-electron chi connectivity index (χ0n) is 6.80. The van der Waals surface area contributed by atoms with Crippen molar-refractivity contribution in [3.05, 3.63) is 34.3 Å². The molecule has 0 amide bonds. The third kappa shape index (κ3) is 3.40. The predicted octanol–water partition coefficient (Wildman–Crippen LogP) is 2.62. The van der Waals surface area contributed by atoms with Crippen LogP contribution in [0.5, 0.6) is 0 Å². The van der Waals surface area contributed by atoms with Crippen molar-refractivity contribution in [1.82, 2.24) is 0 Å². The maximum Gasteiger partial charge on any atom is 0.274 e. The summed E-state index contributed by atoms with van der Waals surface area (Å²) < 4.78 is 26.2. The molecule has 0 fully saturated rings. The van der Waals surface area contributed by atoms with E-state index in [1.165, 1.54) is 0 Å². The third-order valence-corrected chi connectivity index (χ3v) is 2.14. The molecule has 0 radical (unpaired) electrons. The van der Waals surface area contributed by atoms with Crippen LogP contribution in [-0.4, -0.2) is 17.6 Å². The van der Waals surface area contributed by atoms with Crippen molar-refractivity contribution in [2.24, 2.45) is 0 Å². The van der Waals surface area contributed by atoms with Gasteiger partial charge in [-0.15, -0.1) is 0 Å². The van der Waals surface area contributed by atoms with Crippen molar-refractivity contribution in [2.45, 2.75) is 12.3 Å². The lowest BCUT2D eigenvalue weighted by atomic mass is 10.1. The fourth-order valence-corrected chi connectivity index (χ4v) is 1.22. The SMILES string of the molecule is OCC(F)(F)Cc1ccc(Br)cc1. The number of aliphatic hydroxyl groups is 1. The van der Waals surface area contributed by atoms with Crippen LogP contribution in [0.1, 0.15) is 5.56 Å². The van der Waals surface area contributed by atoms with E-state index < -0.39 is 19.0 Å². The Morgan fingerprint density at radius 2 is 1.77 bits per heavy atom. The van der Waals surface area contributed by atoms with Crippen LogP contribution in [0.3, 0.4) is 0 Å². The zero-order valence-corrected chi connectivity index (χ0v) is 8.39. The van der Waals surface area contributed by atoms with Gasteiger partial charge in [-0.05, 0) is 17.7 Å². The van der Waals surface area contributed by atoms with E-state index in [0.29, 0.717) is 5.56 Å². The highest BCUT2D eigenvalue weighted by molar-refractivity contribution is 9.10. The Labute approximate surface area is 83.5 Å². The number of rotatable bonds is 3. The van der Waals surface area contributed by atoms with Gasteiger partial charge in [0.2, 0.25) is 0 Å². The molecule has 0 bridgehead atoms. The van der Waals surface area contributed by atoms with Gasteiger partial charge in [-0.2, -0.15) is 0 Å². The fourth-order valence-electron chi connectivity index (χ4n) is 0.957. The molecule has 1 aromatic rings. The molecule has 4 heteroatoms. The zero-order chi connectivity index (χ0) is 9.90. The van der Waals surface area contributed by atoms with Gasteiger partial charge < -0.3 is 5.11 Å². The second-order valence-corrected chi connectivity index (χ2v) is 3.73. The summed E-state index contributed by atoms with van der Waals surface area (Å²) >= 11 is 3.21. The average molecular weight is 251 g/mol. The van der Waals surface area contributed by atoms with Gasteiger partial charge in [-0.3, -0.25) is 0 Å². The van der Waals surface area contributed by atoms with E-state index in [0.717, 1.165) is 4.47 Å². The summed E-state index contributed by atoms with van der Waals surface area (Å²) in [6, 6.07) is 6.60. The van der Waals surface area contributed by atoms with Crippen LogP contribution in [-0.2, 0) is 6.42 Å². The first-order valence-corrected chi connectivity index (χ1v) is 4.56. The smallest absolute Gasteiger partial charge is 0.274 e. The average Bonchev–Trinajstić information content (AvgIpc) is 2.09. The maximum atomic E-state index is 12.7. The summed E-state index contributed by atoms with van der Waals surface area (Å²) in [5.41, 5.74) is 0.516. The molecule has 72 valence electrons. The van der Waals surface area contributed by atoms with E-state index in [1.54, 1.807) is 24.3 Å². The topological polar surface area (TPSA) is 20.2 Å². The van der Waals surface area contributed by atoms with Crippen LogP contribution < -0.4 is 0 Å². The summed E-state index contributed by atoms with van der Waals surface area (Å²) in [6.07, 6.45) is -0.420. The number of aliphatic hydroxyl groups excluding tert-OH is 1. The molecule has 0 aromatic heterocycles. The van der Waals surface area contributed by atoms with Gasteiger partial charge in [0.1, 0.15) is 6.61 Å². The molecule has 0 saturated carbocycles. The highest BCUT2D eigenvalue weighted by Gasteiger charge is 2.27. The Balaban J connectivity index is 2.69. The minimum atomic E-state index is -3.02. The lowest BCUT2D eigenvalue weighted by molar-refractivity contribution is -0.0488. The highest BCUT2D eigenvalue weighted by Crippen LogP contribution is 2.20. The van der Waals surface area contributed by atoms with Gasteiger partial charge in [0, 0.05) is 10.9 Å². The summed E-state index contributed by atoms with van der Waals surface area (Å²) in [5, 5.41) is 8.35. The van der Waals surface area contributed by atoms with Gasteiger partial charge in [0.25, 0.3) is 5.92 Å². The number of alkyl halides is 2. The van der Waals surface area contributed by atoms with Crippen LogP contribution >= 0.6 is 15.9 Å². The van der Waals surface area contributed by atoms with Crippen LogP contribution in [0.25, 0.3) is 0 Å². The van der Waals surface area contributed by atoms with Crippen LogP contribution in [0.15, 0.2) is 28.7 Å². The standard InChI is InChI=1S/C9H9BrF2O/c10-8-3-1-7(2-4-8)5-9(11,12)6-13/h1-4,13H,5-6H2. The van der Waals surface area contributed by atoms with Gasteiger partial charge >= 0.3 is 0 Å². The molecule has 0 spiro atoms. The largest absolute Gasteiger partial charge is 0.390 e. The molecule has 0 unspecified atom stereocenters. The second-order valence-electron chi connectivity index (χ2n) is 2.82. The van der Waals surface area contributed by atoms with Crippen molar-refractivity contribution < 1.29 is 13.9 Å². The van der Waals surface area contributed by atoms with Crippen LogP contribution in [0.2, 0.25) is 0 Å². The predicted molar refractivity (Wildman–Crippen MR) is 49.9 cm³/mol. The Morgan fingerprint density at radius 1 is 1.23 bits per heavy atom. The Bertz CT molecular complexity index is 271.